The van der Waals surface area contributed by atoms with Gasteiger partial charge in [-0.05, 0) is 73.5 Å². The quantitative estimate of drug-likeness (QED) is 0.456. The van der Waals surface area contributed by atoms with Gasteiger partial charge >= 0.3 is 12.1 Å². The number of anilines is 3. The Hall–Kier alpha value is -4.07. The van der Waals surface area contributed by atoms with Crippen molar-refractivity contribution in [2.45, 2.75) is 13.8 Å². The fourth-order valence-corrected chi connectivity index (χ4v) is 3.28. The summed E-state index contributed by atoms with van der Waals surface area (Å²) in [6.45, 7) is 4.20. The lowest BCUT2D eigenvalue weighted by molar-refractivity contribution is 0.250. The number of benzene rings is 3. The number of carbonyl (C=O) groups excluding carboxylic acids is 2. The number of rotatable bonds is 7. The third-order valence-corrected chi connectivity index (χ3v) is 5.07. The Kier molecular flexibility index (Phi) is 7.86. The van der Waals surface area contributed by atoms with E-state index < -0.39 is 11.8 Å². The molecule has 3 aromatic rings. The van der Waals surface area contributed by atoms with Gasteiger partial charge in [0.25, 0.3) is 0 Å². The molecule has 3 N–H and O–H groups in total. The molecule has 3 aromatic carbocycles. The number of amides is 4. The van der Waals surface area contributed by atoms with Crippen molar-refractivity contribution < 1.29 is 18.7 Å². The Labute approximate surface area is 192 Å². The van der Waals surface area contributed by atoms with Crippen LogP contribution in [0.4, 0.5) is 31.0 Å². The first kappa shape index (κ1) is 23.6. The molecule has 0 saturated heterocycles. The van der Waals surface area contributed by atoms with E-state index in [1.807, 2.05) is 32.0 Å². The highest BCUT2D eigenvalue weighted by Gasteiger charge is 2.17. The number of nitrogens with one attached hydrogen (secondary N) is 3. The van der Waals surface area contributed by atoms with E-state index in [2.05, 4.69) is 16.0 Å². The minimum absolute atomic E-state index is 0.174. The highest BCUT2D eigenvalue weighted by Crippen LogP contribution is 2.20. The molecule has 33 heavy (non-hydrogen) atoms. The summed E-state index contributed by atoms with van der Waals surface area (Å²) < 4.78 is 18.5. The maximum atomic E-state index is 13.4. The normalized spacial score (nSPS) is 10.3. The lowest BCUT2D eigenvalue weighted by Gasteiger charge is -2.24. The molecule has 0 bridgehead atoms. The summed E-state index contributed by atoms with van der Waals surface area (Å²) in [7, 11) is 1.56. The molecule has 0 aromatic heterocycles. The first-order chi connectivity index (χ1) is 15.9. The summed E-state index contributed by atoms with van der Waals surface area (Å²) in [5, 5.41) is 8.43. The molecule has 0 saturated carbocycles. The van der Waals surface area contributed by atoms with Crippen molar-refractivity contribution in [3.8, 4) is 5.75 Å². The zero-order valence-corrected chi connectivity index (χ0v) is 18.8. The number of halogens is 1. The second kappa shape index (κ2) is 11.0. The SMILES string of the molecule is COc1ccc(NC(=O)N(CCNC(=O)Nc2c(C)cccc2C)c2ccc(F)cc2)cc1. The molecule has 3 rings (SSSR count). The summed E-state index contributed by atoms with van der Waals surface area (Å²) in [6, 6.07) is 17.5. The fraction of sp³-hybridized carbons (Fsp3) is 0.200. The maximum Gasteiger partial charge on any atom is 0.326 e. The largest absolute Gasteiger partial charge is 0.497 e. The van der Waals surface area contributed by atoms with Crippen molar-refractivity contribution in [1.82, 2.24) is 5.32 Å². The standard InChI is InChI=1S/C25H27FN4O3/c1-17-5-4-6-18(2)23(17)29-24(31)27-15-16-30(21-11-7-19(26)8-12-21)25(32)28-20-9-13-22(33-3)14-10-20/h4-14H,15-16H2,1-3H3,(H,28,32)(H2,27,29,31). The van der Waals surface area contributed by atoms with Crippen molar-refractivity contribution in [2.75, 3.05) is 35.7 Å². The number of methoxy groups -OCH3 is 1. The number of para-hydroxylation sites is 1. The van der Waals surface area contributed by atoms with E-state index in [4.69, 9.17) is 4.74 Å². The van der Waals surface area contributed by atoms with Crippen molar-refractivity contribution in [3.63, 3.8) is 0 Å². The number of aryl methyl sites for hydroxylation is 2. The molecule has 0 fully saturated rings. The highest BCUT2D eigenvalue weighted by molar-refractivity contribution is 6.01. The predicted molar refractivity (Wildman–Crippen MR) is 129 cm³/mol. The third kappa shape index (κ3) is 6.46. The van der Waals surface area contributed by atoms with Crippen molar-refractivity contribution in [1.29, 1.82) is 0 Å². The molecule has 0 aliphatic heterocycles. The van der Waals surface area contributed by atoms with E-state index in [1.54, 1.807) is 31.4 Å². The second-order valence-electron chi connectivity index (χ2n) is 7.43. The number of carbonyl (C=O) groups is 2. The van der Waals surface area contributed by atoms with Gasteiger partial charge in [0.15, 0.2) is 0 Å². The predicted octanol–water partition coefficient (Wildman–Crippen LogP) is 5.31. The number of hydrogen-bond acceptors (Lipinski definition) is 3. The first-order valence-corrected chi connectivity index (χ1v) is 10.5. The molecular weight excluding hydrogens is 423 g/mol. The van der Waals surface area contributed by atoms with Gasteiger partial charge in [0.2, 0.25) is 0 Å². The van der Waals surface area contributed by atoms with Gasteiger partial charge in [0, 0.05) is 30.2 Å². The van der Waals surface area contributed by atoms with Gasteiger partial charge in [-0.3, -0.25) is 4.90 Å². The number of nitrogens with zero attached hydrogens (tertiary/aromatic N) is 1. The molecule has 7 nitrogen and oxygen atoms in total. The molecule has 0 unspecified atom stereocenters. The van der Waals surface area contributed by atoms with Gasteiger partial charge in [0.1, 0.15) is 11.6 Å². The van der Waals surface area contributed by atoms with Gasteiger partial charge in [-0.25, -0.2) is 14.0 Å². The van der Waals surface area contributed by atoms with Crippen molar-refractivity contribution in [2.24, 2.45) is 0 Å². The minimum atomic E-state index is -0.413. The summed E-state index contributed by atoms with van der Waals surface area (Å²) in [5.41, 5.74) is 3.74. The van der Waals surface area contributed by atoms with E-state index >= 15 is 0 Å². The van der Waals surface area contributed by atoms with Crippen LogP contribution < -0.4 is 25.6 Å². The van der Waals surface area contributed by atoms with Gasteiger partial charge in [-0.15, -0.1) is 0 Å². The Morgan fingerprint density at radius 1 is 0.909 bits per heavy atom. The molecular formula is C25H27FN4O3. The Morgan fingerprint density at radius 3 is 2.15 bits per heavy atom. The molecule has 8 heteroatoms. The Balaban J connectivity index is 1.66. The number of hydrogen-bond donors (Lipinski definition) is 3. The number of ether oxygens (including phenoxy) is 1. The van der Waals surface area contributed by atoms with Crippen LogP contribution in [0.3, 0.4) is 0 Å². The third-order valence-electron chi connectivity index (χ3n) is 5.07. The molecule has 0 aliphatic rings. The second-order valence-corrected chi connectivity index (χ2v) is 7.43. The molecule has 4 amide bonds. The smallest absolute Gasteiger partial charge is 0.326 e. The first-order valence-electron chi connectivity index (χ1n) is 10.5. The topological polar surface area (TPSA) is 82.7 Å². The van der Waals surface area contributed by atoms with Crippen LogP contribution in [0.25, 0.3) is 0 Å². The van der Waals surface area contributed by atoms with Crippen LogP contribution in [0.15, 0.2) is 66.7 Å². The average Bonchev–Trinajstić information content (AvgIpc) is 2.80. The maximum absolute atomic E-state index is 13.4. The Morgan fingerprint density at radius 2 is 1.55 bits per heavy atom. The molecule has 0 aliphatic carbocycles. The minimum Gasteiger partial charge on any atom is -0.497 e. The van der Waals surface area contributed by atoms with Gasteiger partial charge < -0.3 is 20.7 Å². The average molecular weight is 451 g/mol. The molecule has 0 heterocycles. The zero-order chi connectivity index (χ0) is 23.8. The molecule has 0 spiro atoms. The van der Waals surface area contributed by atoms with Crippen LogP contribution in [-0.4, -0.2) is 32.3 Å². The van der Waals surface area contributed by atoms with Crippen molar-refractivity contribution >= 4 is 29.1 Å². The van der Waals surface area contributed by atoms with Gasteiger partial charge in [-0.2, -0.15) is 0 Å². The lowest BCUT2D eigenvalue weighted by Crippen LogP contribution is -2.42. The van der Waals surface area contributed by atoms with E-state index in [0.717, 1.165) is 16.8 Å². The van der Waals surface area contributed by atoms with E-state index in [1.165, 1.54) is 29.2 Å². The molecule has 0 atom stereocenters. The summed E-state index contributed by atoms with van der Waals surface area (Å²) in [5.74, 6) is 0.267. The summed E-state index contributed by atoms with van der Waals surface area (Å²) >= 11 is 0. The zero-order valence-electron chi connectivity index (χ0n) is 18.8. The van der Waals surface area contributed by atoms with E-state index in [0.29, 0.717) is 17.1 Å². The molecule has 172 valence electrons. The van der Waals surface area contributed by atoms with Gasteiger partial charge in [-0.1, -0.05) is 18.2 Å². The highest BCUT2D eigenvalue weighted by atomic mass is 19.1. The van der Waals surface area contributed by atoms with Crippen LogP contribution >= 0.6 is 0 Å². The van der Waals surface area contributed by atoms with Crippen LogP contribution in [0.2, 0.25) is 0 Å². The van der Waals surface area contributed by atoms with Crippen LogP contribution in [0.1, 0.15) is 11.1 Å². The van der Waals surface area contributed by atoms with Crippen LogP contribution in [0.5, 0.6) is 5.75 Å². The van der Waals surface area contributed by atoms with Crippen LogP contribution in [-0.2, 0) is 0 Å². The number of urea groups is 2. The van der Waals surface area contributed by atoms with Crippen LogP contribution in [0, 0.1) is 19.7 Å². The summed E-state index contributed by atoms with van der Waals surface area (Å²) in [4.78, 5) is 26.8. The fourth-order valence-electron chi connectivity index (χ4n) is 3.28. The van der Waals surface area contributed by atoms with Gasteiger partial charge in [0.05, 0.1) is 7.11 Å². The summed E-state index contributed by atoms with van der Waals surface area (Å²) in [6.07, 6.45) is 0. The van der Waals surface area contributed by atoms with E-state index in [-0.39, 0.29) is 19.1 Å². The lowest BCUT2D eigenvalue weighted by atomic mass is 10.1. The monoisotopic (exact) mass is 450 g/mol. The van der Waals surface area contributed by atoms with Crippen molar-refractivity contribution in [3.05, 3.63) is 83.7 Å². The molecule has 0 radical (unpaired) electrons. The van der Waals surface area contributed by atoms with E-state index in [9.17, 15) is 14.0 Å². The Bertz CT molecular complexity index is 1080.